The van der Waals surface area contributed by atoms with Crippen molar-refractivity contribution in [1.82, 2.24) is 14.8 Å². The van der Waals surface area contributed by atoms with Gasteiger partial charge < -0.3 is 5.73 Å². The van der Waals surface area contributed by atoms with Crippen LogP contribution in [0.4, 0.5) is 19.0 Å². The first-order valence-electron chi connectivity index (χ1n) is 6.06. The molecule has 0 aliphatic heterocycles. The summed E-state index contributed by atoms with van der Waals surface area (Å²) in [4.78, 5) is 4.14. The van der Waals surface area contributed by atoms with Crippen LogP contribution in [-0.2, 0) is 6.54 Å². The number of alkyl halides is 3. The van der Waals surface area contributed by atoms with E-state index >= 15 is 0 Å². The quantitative estimate of drug-likeness (QED) is 0.785. The van der Waals surface area contributed by atoms with Crippen LogP contribution in [0.15, 0.2) is 23.7 Å². The summed E-state index contributed by atoms with van der Waals surface area (Å²) in [6.45, 7) is -1.34. The smallest absolute Gasteiger partial charge is 0.383 e. The number of aromatic nitrogens is 3. The second-order valence-corrected chi connectivity index (χ2v) is 5.41. The summed E-state index contributed by atoms with van der Waals surface area (Å²) in [7, 11) is 0. The molecule has 0 bridgehead atoms. The van der Waals surface area contributed by atoms with Gasteiger partial charge in [-0.15, -0.1) is 11.3 Å². The SMILES string of the molecule is N#Cc1c(-c2ccc3scnc3c2)nn(CC(F)(F)F)c1N. The number of thiazole rings is 1. The standard InChI is InChI=1S/C13H8F3N5S/c14-13(15,16)5-21-12(18)8(4-17)11(20-21)7-1-2-10-9(3-7)19-6-22-10/h1-3,6H,5,18H2. The van der Waals surface area contributed by atoms with E-state index in [1.54, 1.807) is 23.7 Å². The molecule has 5 nitrogen and oxygen atoms in total. The molecule has 0 saturated carbocycles. The summed E-state index contributed by atoms with van der Waals surface area (Å²) in [5, 5.41) is 13.0. The van der Waals surface area contributed by atoms with Crippen molar-refractivity contribution in [3.05, 3.63) is 29.3 Å². The molecule has 1 aromatic carbocycles. The molecular weight excluding hydrogens is 315 g/mol. The van der Waals surface area contributed by atoms with E-state index in [1.807, 2.05) is 6.07 Å². The summed E-state index contributed by atoms with van der Waals surface area (Å²) in [5.41, 5.74) is 8.53. The van der Waals surface area contributed by atoms with Crippen molar-refractivity contribution in [1.29, 1.82) is 5.26 Å². The summed E-state index contributed by atoms with van der Waals surface area (Å²) in [6, 6.07) is 6.95. The summed E-state index contributed by atoms with van der Waals surface area (Å²) < 4.78 is 39.1. The number of benzene rings is 1. The number of nitrogens with two attached hydrogens (primary N) is 1. The number of rotatable bonds is 2. The van der Waals surface area contributed by atoms with E-state index in [-0.39, 0.29) is 17.1 Å². The fourth-order valence-electron chi connectivity index (χ4n) is 2.08. The van der Waals surface area contributed by atoms with E-state index in [4.69, 9.17) is 11.0 Å². The van der Waals surface area contributed by atoms with Crippen LogP contribution in [0.5, 0.6) is 0 Å². The third-order valence-corrected chi connectivity index (χ3v) is 3.85. The fraction of sp³-hybridized carbons (Fsp3) is 0.154. The van der Waals surface area contributed by atoms with Crippen LogP contribution in [0.2, 0.25) is 0 Å². The second-order valence-electron chi connectivity index (χ2n) is 4.53. The largest absolute Gasteiger partial charge is 0.408 e. The molecule has 0 spiro atoms. The van der Waals surface area contributed by atoms with Gasteiger partial charge in [-0.25, -0.2) is 9.67 Å². The molecule has 0 unspecified atom stereocenters. The van der Waals surface area contributed by atoms with Gasteiger partial charge in [-0.05, 0) is 12.1 Å². The first kappa shape index (κ1) is 14.3. The van der Waals surface area contributed by atoms with Crippen molar-refractivity contribution in [2.75, 3.05) is 5.73 Å². The highest BCUT2D eigenvalue weighted by Gasteiger charge is 2.31. The van der Waals surface area contributed by atoms with Gasteiger partial charge in [0.25, 0.3) is 0 Å². The van der Waals surface area contributed by atoms with Crippen LogP contribution < -0.4 is 5.73 Å². The Hall–Kier alpha value is -2.60. The lowest BCUT2D eigenvalue weighted by atomic mass is 10.1. The van der Waals surface area contributed by atoms with Gasteiger partial charge in [0.15, 0.2) is 0 Å². The minimum atomic E-state index is -4.47. The van der Waals surface area contributed by atoms with Crippen molar-refractivity contribution < 1.29 is 13.2 Å². The molecule has 0 saturated heterocycles. The normalized spacial score (nSPS) is 11.7. The highest BCUT2D eigenvalue weighted by molar-refractivity contribution is 7.16. The van der Waals surface area contributed by atoms with Gasteiger partial charge in [-0.2, -0.15) is 23.5 Å². The lowest BCUT2D eigenvalue weighted by Crippen LogP contribution is -2.20. The van der Waals surface area contributed by atoms with E-state index in [1.165, 1.54) is 11.3 Å². The molecule has 22 heavy (non-hydrogen) atoms. The molecule has 0 aliphatic carbocycles. The third kappa shape index (κ3) is 2.48. The topological polar surface area (TPSA) is 80.5 Å². The zero-order valence-electron chi connectivity index (χ0n) is 10.9. The number of hydrogen-bond donors (Lipinski definition) is 1. The van der Waals surface area contributed by atoms with Gasteiger partial charge in [0.05, 0.1) is 15.7 Å². The lowest BCUT2D eigenvalue weighted by Gasteiger charge is -2.07. The molecule has 9 heteroatoms. The monoisotopic (exact) mass is 323 g/mol. The Morgan fingerprint density at radius 3 is 2.82 bits per heavy atom. The number of nitrogens with zero attached hydrogens (tertiary/aromatic N) is 4. The predicted molar refractivity (Wildman–Crippen MR) is 76.0 cm³/mol. The summed E-state index contributed by atoms with van der Waals surface area (Å²) in [6.07, 6.45) is -4.47. The maximum atomic E-state index is 12.5. The van der Waals surface area contributed by atoms with E-state index < -0.39 is 12.7 Å². The molecule has 2 heterocycles. The number of hydrogen-bond acceptors (Lipinski definition) is 5. The second kappa shape index (κ2) is 4.99. The molecular formula is C13H8F3N5S. The molecule has 3 aromatic rings. The number of halogens is 3. The van der Waals surface area contributed by atoms with Crippen molar-refractivity contribution in [2.45, 2.75) is 12.7 Å². The molecule has 0 amide bonds. The Morgan fingerprint density at radius 2 is 2.14 bits per heavy atom. The molecule has 0 fully saturated rings. The number of anilines is 1. The Kier molecular flexibility index (Phi) is 3.26. The van der Waals surface area contributed by atoms with Crippen LogP contribution in [0, 0.1) is 11.3 Å². The third-order valence-electron chi connectivity index (χ3n) is 3.04. The number of fused-ring (bicyclic) bond motifs is 1. The molecule has 2 N–H and O–H groups in total. The number of nitrogen functional groups attached to an aromatic ring is 1. The van der Waals surface area contributed by atoms with Crippen LogP contribution in [0.3, 0.4) is 0 Å². The van der Waals surface area contributed by atoms with Crippen LogP contribution in [-0.4, -0.2) is 20.9 Å². The van der Waals surface area contributed by atoms with Gasteiger partial charge in [-0.3, -0.25) is 0 Å². The number of nitriles is 1. The van der Waals surface area contributed by atoms with Crippen molar-refractivity contribution in [3.8, 4) is 17.3 Å². The van der Waals surface area contributed by atoms with E-state index in [9.17, 15) is 13.2 Å². The van der Waals surface area contributed by atoms with E-state index in [0.717, 1.165) is 4.70 Å². The molecule has 3 rings (SSSR count). The first-order valence-corrected chi connectivity index (χ1v) is 6.94. The molecule has 0 aliphatic rings. The van der Waals surface area contributed by atoms with Gasteiger partial charge >= 0.3 is 6.18 Å². The highest BCUT2D eigenvalue weighted by Crippen LogP contribution is 2.31. The minimum absolute atomic E-state index is 0.0705. The van der Waals surface area contributed by atoms with Crippen LogP contribution in [0.25, 0.3) is 21.5 Å². The maximum Gasteiger partial charge on any atom is 0.408 e. The zero-order valence-corrected chi connectivity index (χ0v) is 11.7. The Balaban J connectivity index is 2.13. The Morgan fingerprint density at radius 1 is 1.36 bits per heavy atom. The van der Waals surface area contributed by atoms with Gasteiger partial charge in [0.1, 0.15) is 29.7 Å². The molecule has 2 aromatic heterocycles. The van der Waals surface area contributed by atoms with Gasteiger partial charge in [0.2, 0.25) is 0 Å². The predicted octanol–water partition coefficient (Wildman–Crippen LogP) is 3.18. The van der Waals surface area contributed by atoms with Gasteiger partial charge in [-0.1, -0.05) is 6.07 Å². The Labute approximate surface area is 126 Å². The Bertz CT molecular complexity index is 887. The van der Waals surface area contributed by atoms with Crippen molar-refractivity contribution in [2.24, 2.45) is 0 Å². The van der Waals surface area contributed by atoms with Gasteiger partial charge in [0, 0.05) is 5.56 Å². The molecule has 0 radical (unpaired) electrons. The lowest BCUT2D eigenvalue weighted by molar-refractivity contribution is -0.142. The van der Waals surface area contributed by atoms with E-state index in [2.05, 4.69) is 10.1 Å². The first-order chi connectivity index (χ1) is 10.4. The minimum Gasteiger partial charge on any atom is -0.383 e. The molecule has 0 atom stereocenters. The van der Waals surface area contributed by atoms with Crippen molar-refractivity contribution >= 4 is 27.4 Å². The average molecular weight is 323 g/mol. The van der Waals surface area contributed by atoms with Crippen LogP contribution >= 0.6 is 11.3 Å². The fourth-order valence-corrected chi connectivity index (χ4v) is 2.74. The van der Waals surface area contributed by atoms with E-state index in [0.29, 0.717) is 15.8 Å². The molecule has 112 valence electrons. The van der Waals surface area contributed by atoms with Crippen molar-refractivity contribution in [3.63, 3.8) is 0 Å². The highest BCUT2D eigenvalue weighted by atomic mass is 32.1. The summed E-state index contributed by atoms with van der Waals surface area (Å²) >= 11 is 1.44. The summed E-state index contributed by atoms with van der Waals surface area (Å²) in [5.74, 6) is -0.298. The zero-order chi connectivity index (χ0) is 15.9. The maximum absolute atomic E-state index is 12.5. The average Bonchev–Trinajstić information content (AvgIpc) is 3.01. The van der Waals surface area contributed by atoms with Crippen LogP contribution in [0.1, 0.15) is 5.56 Å².